The van der Waals surface area contributed by atoms with Crippen LogP contribution in [0.3, 0.4) is 0 Å². The number of aromatic nitrogens is 2. The molecule has 0 radical (unpaired) electrons. The van der Waals surface area contributed by atoms with Crippen LogP contribution >= 0.6 is 0 Å². The molecule has 0 unspecified atom stereocenters. The lowest BCUT2D eigenvalue weighted by Crippen LogP contribution is -1.92. The average Bonchev–Trinajstić information content (AvgIpc) is 3.17. The molecule has 1 saturated carbocycles. The molecule has 3 rings (SSSR count). The van der Waals surface area contributed by atoms with Gasteiger partial charge in [0, 0.05) is 11.6 Å². The number of fused-ring (bicyclic) bond motifs is 1. The second kappa shape index (κ2) is 4.00. The fourth-order valence-corrected chi connectivity index (χ4v) is 2.36. The monoisotopic (exact) mass is 243 g/mol. The fourth-order valence-electron chi connectivity index (χ4n) is 2.36. The molecule has 2 N–H and O–H groups in total. The maximum absolute atomic E-state index is 9.32. The van der Waals surface area contributed by atoms with Crippen LogP contribution in [0.2, 0.25) is 0 Å². The summed E-state index contributed by atoms with van der Waals surface area (Å²) < 4.78 is 5.21. The van der Waals surface area contributed by atoms with Gasteiger partial charge in [-0.2, -0.15) is 5.26 Å². The summed E-state index contributed by atoms with van der Waals surface area (Å²) in [5, 5.41) is 19.5. The Balaban J connectivity index is 2.38. The molecule has 1 aliphatic rings. The van der Waals surface area contributed by atoms with Crippen LogP contribution in [-0.2, 0) is 6.61 Å². The van der Waals surface area contributed by atoms with Gasteiger partial charge in [0.25, 0.3) is 0 Å². The van der Waals surface area contributed by atoms with Crippen molar-refractivity contribution in [3.63, 3.8) is 0 Å². The first kappa shape index (κ1) is 11.1. The number of nitrogens with one attached hydrogen (secondary N) is 1. The Labute approximate surface area is 104 Å². The van der Waals surface area contributed by atoms with Crippen molar-refractivity contribution < 1.29 is 9.84 Å². The fraction of sp³-hybridized carbons (Fsp3) is 0.385. The van der Waals surface area contributed by atoms with Crippen molar-refractivity contribution in [3.05, 3.63) is 23.0 Å². The summed E-state index contributed by atoms with van der Waals surface area (Å²) in [6, 6.07) is 2.17. The minimum Gasteiger partial charge on any atom is -0.479 e. The van der Waals surface area contributed by atoms with Crippen LogP contribution in [0.5, 0.6) is 5.88 Å². The van der Waals surface area contributed by atoms with Crippen LogP contribution in [0.25, 0.3) is 10.9 Å². The third-order valence-electron chi connectivity index (χ3n) is 3.38. The first-order valence-electron chi connectivity index (χ1n) is 5.88. The first-order valence-corrected chi connectivity index (χ1v) is 5.88. The van der Waals surface area contributed by atoms with E-state index >= 15 is 0 Å². The normalized spacial score (nSPS) is 14.7. The zero-order valence-corrected chi connectivity index (χ0v) is 10.0. The van der Waals surface area contributed by atoms with E-state index in [1.54, 1.807) is 13.3 Å². The number of aromatic amines is 1. The van der Waals surface area contributed by atoms with E-state index in [2.05, 4.69) is 16.0 Å². The van der Waals surface area contributed by atoms with Gasteiger partial charge >= 0.3 is 0 Å². The number of aliphatic hydroxyl groups excluding tert-OH is 1. The lowest BCUT2D eigenvalue weighted by Gasteiger charge is -2.05. The van der Waals surface area contributed by atoms with E-state index in [0.717, 1.165) is 23.8 Å². The zero-order chi connectivity index (χ0) is 12.7. The smallest absolute Gasteiger partial charge is 0.238 e. The number of pyridine rings is 1. The van der Waals surface area contributed by atoms with Crippen molar-refractivity contribution in [1.82, 2.24) is 9.97 Å². The predicted octanol–water partition coefficient (Wildman–Crippen LogP) is 1.81. The van der Waals surface area contributed by atoms with Crippen molar-refractivity contribution in [2.75, 3.05) is 7.11 Å². The van der Waals surface area contributed by atoms with Gasteiger partial charge in [-0.25, -0.2) is 4.98 Å². The van der Waals surface area contributed by atoms with Gasteiger partial charge in [-0.15, -0.1) is 0 Å². The van der Waals surface area contributed by atoms with Gasteiger partial charge in [-0.3, -0.25) is 0 Å². The molecule has 2 aromatic rings. The molecule has 2 aromatic heterocycles. The molecular weight excluding hydrogens is 230 g/mol. The molecule has 1 fully saturated rings. The molecular formula is C13H13N3O2. The summed E-state index contributed by atoms with van der Waals surface area (Å²) in [7, 11) is 1.55. The quantitative estimate of drug-likeness (QED) is 0.861. The van der Waals surface area contributed by atoms with E-state index in [0.29, 0.717) is 28.6 Å². The van der Waals surface area contributed by atoms with E-state index in [-0.39, 0.29) is 6.61 Å². The molecule has 2 heterocycles. The Morgan fingerprint density at radius 3 is 2.94 bits per heavy atom. The highest BCUT2D eigenvalue weighted by molar-refractivity contribution is 5.93. The lowest BCUT2D eigenvalue weighted by atomic mass is 10.0. The van der Waals surface area contributed by atoms with Crippen LogP contribution < -0.4 is 4.74 Å². The lowest BCUT2D eigenvalue weighted by molar-refractivity contribution is 0.277. The number of ether oxygens (including phenoxy) is 1. The van der Waals surface area contributed by atoms with Crippen LogP contribution in [0.1, 0.15) is 35.6 Å². The highest BCUT2D eigenvalue weighted by Gasteiger charge is 2.29. The highest BCUT2D eigenvalue weighted by atomic mass is 16.5. The van der Waals surface area contributed by atoms with E-state index in [1.165, 1.54) is 0 Å². The molecule has 0 spiro atoms. The molecule has 5 heteroatoms. The maximum atomic E-state index is 9.32. The number of aliphatic hydroxyl groups is 1. The van der Waals surface area contributed by atoms with Gasteiger partial charge in [0.05, 0.1) is 25.0 Å². The summed E-state index contributed by atoms with van der Waals surface area (Å²) in [6.45, 7) is -0.190. The highest BCUT2D eigenvalue weighted by Crippen LogP contribution is 2.45. The van der Waals surface area contributed by atoms with Gasteiger partial charge in [0.15, 0.2) is 0 Å². The van der Waals surface area contributed by atoms with Crippen molar-refractivity contribution >= 4 is 10.9 Å². The van der Waals surface area contributed by atoms with E-state index < -0.39 is 0 Å². The van der Waals surface area contributed by atoms with E-state index in [4.69, 9.17) is 4.74 Å². The van der Waals surface area contributed by atoms with Gasteiger partial charge < -0.3 is 14.8 Å². The third-order valence-corrected chi connectivity index (χ3v) is 3.38. The molecule has 0 bridgehead atoms. The molecule has 0 aliphatic heterocycles. The van der Waals surface area contributed by atoms with Crippen LogP contribution in [0.4, 0.5) is 0 Å². The third kappa shape index (κ3) is 1.46. The number of hydrogen-bond acceptors (Lipinski definition) is 4. The minimum atomic E-state index is -0.190. The molecule has 92 valence electrons. The summed E-state index contributed by atoms with van der Waals surface area (Å²) in [5.41, 5.74) is 2.83. The van der Waals surface area contributed by atoms with Crippen LogP contribution in [-0.4, -0.2) is 22.2 Å². The Morgan fingerprint density at radius 1 is 1.61 bits per heavy atom. The van der Waals surface area contributed by atoms with Gasteiger partial charge in [-0.05, 0) is 24.3 Å². The summed E-state index contributed by atoms with van der Waals surface area (Å²) in [5.74, 6) is 0.950. The molecule has 1 aliphatic carbocycles. The van der Waals surface area contributed by atoms with Crippen molar-refractivity contribution in [3.8, 4) is 11.9 Å². The van der Waals surface area contributed by atoms with E-state index in [9.17, 15) is 10.4 Å². The van der Waals surface area contributed by atoms with Gasteiger partial charge in [0.2, 0.25) is 5.88 Å². The number of rotatable bonds is 3. The van der Waals surface area contributed by atoms with Crippen LogP contribution in [0.15, 0.2) is 6.20 Å². The second-order valence-corrected chi connectivity index (χ2v) is 4.50. The van der Waals surface area contributed by atoms with Crippen molar-refractivity contribution in [1.29, 1.82) is 5.26 Å². The van der Waals surface area contributed by atoms with Gasteiger partial charge in [-0.1, -0.05) is 0 Å². The Hall–Kier alpha value is -2.06. The maximum Gasteiger partial charge on any atom is 0.238 e. The van der Waals surface area contributed by atoms with Crippen molar-refractivity contribution in [2.24, 2.45) is 0 Å². The first-order chi connectivity index (χ1) is 8.80. The SMILES string of the molecule is COc1ncc(C2CC2)c2c(C#N)c(CO)[nH]c12. The molecule has 18 heavy (non-hydrogen) atoms. The largest absolute Gasteiger partial charge is 0.479 e. The topological polar surface area (TPSA) is 81.9 Å². The number of methoxy groups -OCH3 is 1. The molecule has 0 aromatic carbocycles. The van der Waals surface area contributed by atoms with Crippen molar-refractivity contribution in [2.45, 2.75) is 25.4 Å². The number of H-pyrrole nitrogens is 1. The molecule has 0 saturated heterocycles. The predicted molar refractivity (Wildman–Crippen MR) is 65.3 cm³/mol. The number of hydrogen-bond donors (Lipinski definition) is 2. The molecule has 0 amide bonds. The molecule has 0 atom stereocenters. The van der Waals surface area contributed by atoms with E-state index in [1.807, 2.05) is 0 Å². The summed E-state index contributed by atoms with van der Waals surface area (Å²) in [4.78, 5) is 7.31. The van der Waals surface area contributed by atoms with Gasteiger partial charge in [0.1, 0.15) is 11.6 Å². The molecule has 5 nitrogen and oxygen atoms in total. The summed E-state index contributed by atoms with van der Waals surface area (Å²) >= 11 is 0. The minimum absolute atomic E-state index is 0.190. The Morgan fingerprint density at radius 2 is 2.39 bits per heavy atom. The van der Waals surface area contributed by atoms with Crippen LogP contribution in [0, 0.1) is 11.3 Å². The zero-order valence-electron chi connectivity index (χ0n) is 10.0. The summed E-state index contributed by atoms with van der Waals surface area (Å²) in [6.07, 6.45) is 4.05. The average molecular weight is 243 g/mol. The number of nitriles is 1. The standard InChI is InChI=1S/C13H13N3O2/c1-18-13-12-11(8(4-14)10(6-17)16-12)9(5-15-13)7-2-3-7/h5,7,16-17H,2-3,6H2,1H3. The Bertz CT molecular complexity index is 650. The second-order valence-electron chi connectivity index (χ2n) is 4.50. The Kier molecular flexibility index (Phi) is 2.46. The number of nitrogens with zero attached hydrogens (tertiary/aromatic N) is 2.